The van der Waals surface area contributed by atoms with E-state index in [-0.39, 0.29) is 6.16 Å². The summed E-state index contributed by atoms with van der Waals surface area (Å²) < 4.78 is 22.0. The second-order valence-corrected chi connectivity index (χ2v) is 4.88. The Balaban J connectivity index is 4.15. The minimum absolute atomic E-state index is 0.215. The number of nitrogens with zero attached hydrogens (tertiary/aromatic N) is 2. The molecule has 0 saturated heterocycles. The molecule has 0 radical (unpaired) electrons. The van der Waals surface area contributed by atoms with E-state index in [0.717, 1.165) is 0 Å². The van der Waals surface area contributed by atoms with Crippen LogP contribution in [0.1, 0.15) is 13.8 Å². The van der Waals surface area contributed by atoms with Crippen molar-refractivity contribution in [3.63, 3.8) is 0 Å². The van der Waals surface area contributed by atoms with Gasteiger partial charge in [0.25, 0.3) is 0 Å². The van der Waals surface area contributed by atoms with E-state index in [1.165, 1.54) is 0 Å². The quantitative estimate of drug-likeness (QED) is 0.374. The van der Waals surface area contributed by atoms with Crippen LogP contribution in [0.5, 0.6) is 0 Å². The minimum atomic E-state index is -2.95. The maximum atomic E-state index is 11.8. The Bertz CT molecular complexity index is 209. The molecule has 0 spiro atoms. The Morgan fingerprint density at radius 2 is 1.79 bits per heavy atom. The number of hydrazone groups is 1. The molecule has 0 heterocycles. The van der Waals surface area contributed by atoms with Crippen molar-refractivity contribution in [2.45, 2.75) is 13.8 Å². The Labute approximate surface area is 85.6 Å². The highest BCUT2D eigenvalue weighted by molar-refractivity contribution is 7.54. The second kappa shape index (κ2) is 6.98. The molecular weight excluding hydrogens is 203 g/mol. The summed E-state index contributed by atoms with van der Waals surface area (Å²) in [7, 11) is 0.637. The first-order valence-electron chi connectivity index (χ1n) is 4.62. The van der Waals surface area contributed by atoms with Crippen LogP contribution in [-0.4, -0.2) is 44.7 Å². The van der Waals surface area contributed by atoms with Gasteiger partial charge in [0.15, 0.2) is 0 Å². The smallest absolute Gasteiger partial charge is 0.309 e. The SMILES string of the molecule is CCOP(=O)(C/C=N/N(C)C)OCC. The van der Waals surface area contributed by atoms with Crippen molar-refractivity contribution < 1.29 is 13.6 Å². The topological polar surface area (TPSA) is 51.1 Å². The number of hydrogen-bond acceptors (Lipinski definition) is 5. The summed E-state index contributed by atoms with van der Waals surface area (Å²) in [6.45, 7) is 4.34. The second-order valence-electron chi connectivity index (χ2n) is 2.77. The lowest BCUT2D eigenvalue weighted by Gasteiger charge is -2.14. The average molecular weight is 222 g/mol. The lowest BCUT2D eigenvalue weighted by molar-refractivity contribution is 0.223. The average Bonchev–Trinajstić information content (AvgIpc) is 2.03. The highest BCUT2D eigenvalue weighted by Gasteiger charge is 2.21. The summed E-state index contributed by atoms with van der Waals surface area (Å²) in [4.78, 5) is 0. The first-order chi connectivity index (χ1) is 6.54. The molecule has 6 heteroatoms. The van der Waals surface area contributed by atoms with E-state index in [1.54, 1.807) is 39.2 Å². The van der Waals surface area contributed by atoms with Crippen LogP contribution in [0.25, 0.3) is 0 Å². The van der Waals surface area contributed by atoms with Gasteiger partial charge in [0.1, 0.15) is 0 Å². The standard InChI is InChI=1S/C8H19N2O3P/c1-5-12-14(11,13-6-2)8-7-9-10(3)4/h7H,5-6,8H2,1-4H3/b9-7+. The van der Waals surface area contributed by atoms with Crippen molar-refractivity contribution in [2.24, 2.45) is 5.10 Å². The fourth-order valence-corrected chi connectivity index (χ4v) is 2.18. The predicted molar refractivity (Wildman–Crippen MR) is 57.9 cm³/mol. The zero-order valence-electron chi connectivity index (χ0n) is 9.27. The Morgan fingerprint density at radius 3 is 2.14 bits per heavy atom. The number of hydrogen-bond donors (Lipinski definition) is 0. The van der Waals surface area contributed by atoms with Gasteiger partial charge in [0, 0.05) is 20.3 Å². The molecule has 0 aliphatic rings. The van der Waals surface area contributed by atoms with Crippen molar-refractivity contribution in [1.82, 2.24) is 5.01 Å². The van der Waals surface area contributed by atoms with Crippen LogP contribution < -0.4 is 0 Å². The van der Waals surface area contributed by atoms with Gasteiger partial charge in [-0.2, -0.15) is 5.10 Å². The molecule has 84 valence electrons. The monoisotopic (exact) mass is 222 g/mol. The van der Waals surface area contributed by atoms with E-state index in [2.05, 4.69) is 5.10 Å². The van der Waals surface area contributed by atoms with Crippen LogP contribution in [0, 0.1) is 0 Å². The third kappa shape index (κ3) is 6.13. The maximum absolute atomic E-state index is 11.8. The summed E-state index contributed by atoms with van der Waals surface area (Å²) >= 11 is 0. The third-order valence-corrected chi connectivity index (χ3v) is 3.18. The molecule has 0 fully saturated rings. The normalized spacial score (nSPS) is 12.3. The summed E-state index contributed by atoms with van der Waals surface area (Å²) in [6, 6.07) is 0. The Morgan fingerprint density at radius 1 is 1.29 bits per heavy atom. The van der Waals surface area contributed by atoms with Crippen molar-refractivity contribution >= 4 is 13.8 Å². The molecule has 0 unspecified atom stereocenters. The van der Waals surface area contributed by atoms with Crippen molar-refractivity contribution in [3.8, 4) is 0 Å². The largest absolute Gasteiger partial charge is 0.336 e. The first kappa shape index (κ1) is 13.6. The summed E-state index contributed by atoms with van der Waals surface area (Å²) in [6.07, 6.45) is 1.76. The maximum Gasteiger partial charge on any atom is 0.336 e. The van der Waals surface area contributed by atoms with Gasteiger partial charge in [-0.15, -0.1) is 0 Å². The third-order valence-electron chi connectivity index (χ3n) is 1.27. The number of rotatable bonds is 7. The molecule has 0 N–H and O–H groups in total. The molecule has 14 heavy (non-hydrogen) atoms. The van der Waals surface area contributed by atoms with Crippen molar-refractivity contribution in [2.75, 3.05) is 33.5 Å². The molecule has 0 aromatic rings. The van der Waals surface area contributed by atoms with E-state index in [9.17, 15) is 4.57 Å². The molecule has 0 aliphatic carbocycles. The van der Waals surface area contributed by atoms with E-state index in [0.29, 0.717) is 13.2 Å². The van der Waals surface area contributed by atoms with Crippen LogP contribution >= 0.6 is 7.60 Å². The molecule has 0 atom stereocenters. The zero-order chi connectivity index (χ0) is 11.0. The van der Waals surface area contributed by atoms with Crippen LogP contribution in [-0.2, 0) is 13.6 Å². The van der Waals surface area contributed by atoms with Crippen LogP contribution in [0.2, 0.25) is 0 Å². The summed E-state index contributed by atoms with van der Waals surface area (Å²) in [5, 5.41) is 5.58. The Kier molecular flexibility index (Phi) is 6.79. The fraction of sp³-hybridized carbons (Fsp3) is 0.875. The summed E-state index contributed by atoms with van der Waals surface area (Å²) in [5.74, 6) is 0. The predicted octanol–water partition coefficient (Wildman–Crippen LogP) is 1.80. The van der Waals surface area contributed by atoms with Gasteiger partial charge in [0.2, 0.25) is 0 Å². The zero-order valence-corrected chi connectivity index (χ0v) is 10.2. The minimum Gasteiger partial charge on any atom is -0.309 e. The molecule has 0 amide bonds. The molecule has 0 saturated carbocycles. The van der Waals surface area contributed by atoms with Crippen molar-refractivity contribution in [3.05, 3.63) is 0 Å². The van der Waals surface area contributed by atoms with Gasteiger partial charge in [-0.3, -0.25) is 4.57 Å². The van der Waals surface area contributed by atoms with E-state index >= 15 is 0 Å². The van der Waals surface area contributed by atoms with E-state index < -0.39 is 7.60 Å². The van der Waals surface area contributed by atoms with Gasteiger partial charge in [-0.05, 0) is 13.8 Å². The van der Waals surface area contributed by atoms with Crippen molar-refractivity contribution in [1.29, 1.82) is 0 Å². The lowest BCUT2D eigenvalue weighted by atomic mass is 10.9. The molecule has 5 nitrogen and oxygen atoms in total. The highest BCUT2D eigenvalue weighted by atomic mass is 31.2. The fourth-order valence-electron chi connectivity index (χ4n) is 0.836. The first-order valence-corrected chi connectivity index (χ1v) is 6.34. The van der Waals surface area contributed by atoms with Gasteiger partial charge in [-0.1, -0.05) is 0 Å². The van der Waals surface area contributed by atoms with Crippen LogP contribution in [0.15, 0.2) is 5.10 Å². The van der Waals surface area contributed by atoms with Gasteiger partial charge < -0.3 is 14.1 Å². The molecule has 0 aromatic carbocycles. The van der Waals surface area contributed by atoms with Gasteiger partial charge >= 0.3 is 7.60 Å². The lowest BCUT2D eigenvalue weighted by Crippen LogP contribution is -2.05. The highest BCUT2D eigenvalue weighted by Crippen LogP contribution is 2.46. The summed E-state index contributed by atoms with van der Waals surface area (Å²) in [5.41, 5.74) is 0. The van der Waals surface area contributed by atoms with E-state index in [1.807, 2.05) is 0 Å². The molecule has 0 bridgehead atoms. The molecule has 0 aromatic heterocycles. The molecule has 0 aliphatic heterocycles. The molecular formula is C8H19N2O3P. The van der Waals surface area contributed by atoms with E-state index in [4.69, 9.17) is 9.05 Å². The van der Waals surface area contributed by atoms with Gasteiger partial charge in [0.05, 0.1) is 19.4 Å². The van der Waals surface area contributed by atoms with Gasteiger partial charge in [-0.25, -0.2) is 0 Å². The van der Waals surface area contributed by atoms with Crippen LogP contribution in [0.3, 0.4) is 0 Å². The molecule has 0 rings (SSSR count). The Hall–Kier alpha value is -0.380. The van der Waals surface area contributed by atoms with Crippen LogP contribution in [0.4, 0.5) is 0 Å².